The molecule has 1 rings (SSSR count). The Morgan fingerprint density at radius 2 is 2.26 bits per heavy atom. The quantitative estimate of drug-likeness (QED) is 0.312. The molecule has 5 heteroatoms. The van der Waals surface area contributed by atoms with Crippen LogP contribution in [0.4, 0.5) is 0 Å². The molecule has 0 aromatic carbocycles. The Labute approximate surface area is 122 Å². The van der Waals surface area contributed by atoms with Crippen LogP contribution in [0.2, 0.25) is 0 Å². The fourth-order valence-corrected chi connectivity index (χ4v) is 2.16. The summed E-state index contributed by atoms with van der Waals surface area (Å²) < 4.78 is 10.1. The number of methoxy groups -OCH3 is 1. The third-order valence-corrected chi connectivity index (χ3v) is 3.58. The zero-order valence-electron chi connectivity index (χ0n) is 11.3. The van der Waals surface area contributed by atoms with Gasteiger partial charge in [0.25, 0.3) is 0 Å². The lowest BCUT2D eigenvalue weighted by molar-refractivity contribution is -0.134. The summed E-state index contributed by atoms with van der Waals surface area (Å²) in [5.41, 5.74) is -0.713. The molecule has 1 aliphatic rings. The monoisotopic (exact) mass is 330 g/mol. The van der Waals surface area contributed by atoms with Gasteiger partial charge in [-0.3, -0.25) is 4.79 Å². The lowest BCUT2D eigenvalue weighted by Gasteiger charge is -2.23. The van der Waals surface area contributed by atoms with Crippen molar-refractivity contribution in [1.82, 2.24) is 0 Å². The van der Waals surface area contributed by atoms with Crippen LogP contribution in [0.3, 0.4) is 0 Å². The van der Waals surface area contributed by atoms with Crippen LogP contribution >= 0.6 is 15.9 Å². The standard InChI is InChI=1S/C14H19BrO4/c1-14(12(16)9-11(10-15)19-14)8-6-4-3-5-7-13(17)18-2/h5,7,9H,3-4,6,8,10H2,1-2H3/b7-5+. The molecule has 0 bridgehead atoms. The largest absolute Gasteiger partial charge is 0.483 e. The van der Waals surface area contributed by atoms with Gasteiger partial charge in [0.1, 0.15) is 5.76 Å². The number of alkyl halides is 1. The molecular weight excluding hydrogens is 312 g/mol. The first-order valence-electron chi connectivity index (χ1n) is 6.26. The molecule has 1 aliphatic heterocycles. The van der Waals surface area contributed by atoms with E-state index >= 15 is 0 Å². The number of unbranched alkanes of at least 4 members (excludes halogenated alkanes) is 2. The van der Waals surface area contributed by atoms with Crippen molar-refractivity contribution in [2.24, 2.45) is 0 Å². The molecule has 0 saturated heterocycles. The summed E-state index contributed by atoms with van der Waals surface area (Å²) in [4.78, 5) is 22.6. The van der Waals surface area contributed by atoms with Crippen LogP contribution in [0.15, 0.2) is 24.0 Å². The minimum atomic E-state index is -0.713. The fourth-order valence-electron chi connectivity index (χ4n) is 1.88. The molecule has 19 heavy (non-hydrogen) atoms. The SMILES string of the molecule is COC(=O)/C=C/CCCCC1(C)OC(CBr)=CC1=O. The fraction of sp³-hybridized carbons (Fsp3) is 0.571. The number of ether oxygens (including phenoxy) is 2. The zero-order chi connectivity index (χ0) is 14.3. The Balaban J connectivity index is 2.25. The molecule has 0 spiro atoms. The summed E-state index contributed by atoms with van der Waals surface area (Å²) >= 11 is 3.28. The van der Waals surface area contributed by atoms with Gasteiger partial charge in [0.05, 0.1) is 12.4 Å². The molecule has 1 unspecified atom stereocenters. The Morgan fingerprint density at radius 1 is 1.53 bits per heavy atom. The lowest BCUT2D eigenvalue weighted by Crippen LogP contribution is -2.32. The molecule has 4 nitrogen and oxygen atoms in total. The molecule has 0 saturated carbocycles. The van der Waals surface area contributed by atoms with Gasteiger partial charge < -0.3 is 9.47 Å². The molecule has 0 radical (unpaired) electrons. The van der Waals surface area contributed by atoms with Gasteiger partial charge in [-0.05, 0) is 32.6 Å². The van der Waals surface area contributed by atoms with Gasteiger partial charge in [-0.25, -0.2) is 4.79 Å². The number of ketones is 1. The average Bonchev–Trinajstić information content (AvgIpc) is 2.69. The van der Waals surface area contributed by atoms with Crippen LogP contribution < -0.4 is 0 Å². The number of esters is 1. The second-order valence-corrected chi connectivity index (χ2v) is 5.17. The van der Waals surface area contributed by atoms with Crippen LogP contribution in [0.25, 0.3) is 0 Å². The summed E-state index contributed by atoms with van der Waals surface area (Å²) in [6.07, 6.45) is 8.02. The second kappa shape index (κ2) is 7.48. The highest BCUT2D eigenvalue weighted by atomic mass is 79.9. The minimum Gasteiger partial charge on any atom is -0.483 e. The van der Waals surface area contributed by atoms with E-state index in [0.717, 1.165) is 19.3 Å². The molecule has 1 atom stereocenters. The first kappa shape index (κ1) is 16.0. The van der Waals surface area contributed by atoms with Crippen molar-refractivity contribution in [3.63, 3.8) is 0 Å². The van der Waals surface area contributed by atoms with Gasteiger partial charge >= 0.3 is 5.97 Å². The van der Waals surface area contributed by atoms with E-state index in [4.69, 9.17) is 4.74 Å². The smallest absolute Gasteiger partial charge is 0.330 e. The number of hydrogen-bond acceptors (Lipinski definition) is 4. The highest BCUT2D eigenvalue weighted by molar-refractivity contribution is 9.09. The van der Waals surface area contributed by atoms with E-state index in [1.165, 1.54) is 13.2 Å². The van der Waals surface area contributed by atoms with Crippen LogP contribution in [0, 0.1) is 0 Å². The molecule has 0 amide bonds. The maximum atomic E-state index is 11.8. The average molecular weight is 331 g/mol. The van der Waals surface area contributed by atoms with Gasteiger partial charge in [0.15, 0.2) is 5.60 Å². The number of carbonyl (C=O) groups excluding carboxylic acids is 2. The highest BCUT2D eigenvalue weighted by Crippen LogP contribution is 2.30. The van der Waals surface area contributed by atoms with E-state index in [2.05, 4.69) is 20.7 Å². The third-order valence-electron chi connectivity index (χ3n) is 3.03. The number of carbonyl (C=O) groups is 2. The number of allylic oxidation sites excluding steroid dienone is 2. The van der Waals surface area contributed by atoms with E-state index in [9.17, 15) is 9.59 Å². The van der Waals surface area contributed by atoms with Gasteiger partial charge in [0, 0.05) is 12.2 Å². The summed E-state index contributed by atoms with van der Waals surface area (Å²) in [7, 11) is 1.35. The van der Waals surface area contributed by atoms with Gasteiger partial charge in [-0.1, -0.05) is 22.0 Å². The Hall–Kier alpha value is -1.10. The molecule has 0 fully saturated rings. The topological polar surface area (TPSA) is 52.6 Å². The van der Waals surface area contributed by atoms with Crippen molar-refractivity contribution in [2.45, 2.75) is 38.2 Å². The Morgan fingerprint density at radius 3 is 2.84 bits per heavy atom. The second-order valence-electron chi connectivity index (χ2n) is 4.61. The van der Waals surface area contributed by atoms with Crippen LogP contribution in [0.5, 0.6) is 0 Å². The maximum Gasteiger partial charge on any atom is 0.330 e. The first-order valence-corrected chi connectivity index (χ1v) is 7.38. The molecule has 1 heterocycles. The lowest BCUT2D eigenvalue weighted by atomic mass is 9.94. The maximum absolute atomic E-state index is 11.8. The summed E-state index contributed by atoms with van der Waals surface area (Å²) in [5.74, 6) is 0.387. The Bertz CT molecular complexity index is 400. The van der Waals surface area contributed by atoms with Crippen molar-refractivity contribution < 1.29 is 19.1 Å². The normalized spacial score (nSPS) is 22.5. The molecule has 0 N–H and O–H groups in total. The first-order chi connectivity index (χ1) is 9.01. The number of hydrogen-bond donors (Lipinski definition) is 0. The van der Waals surface area contributed by atoms with E-state index < -0.39 is 5.60 Å². The third kappa shape index (κ3) is 4.82. The van der Waals surface area contributed by atoms with E-state index in [-0.39, 0.29) is 11.8 Å². The van der Waals surface area contributed by atoms with Crippen molar-refractivity contribution in [1.29, 1.82) is 0 Å². The highest BCUT2D eigenvalue weighted by Gasteiger charge is 2.38. The number of rotatable bonds is 7. The molecule has 0 aromatic rings. The van der Waals surface area contributed by atoms with Crippen molar-refractivity contribution in [3.8, 4) is 0 Å². The van der Waals surface area contributed by atoms with Crippen molar-refractivity contribution in [3.05, 3.63) is 24.0 Å². The van der Waals surface area contributed by atoms with Gasteiger partial charge in [-0.15, -0.1) is 0 Å². The van der Waals surface area contributed by atoms with Crippen molar-refractivity contribution >= 4 is 27.7 Å². The van der Waals surface area contributed by atoms with E-state index in [1.54, 1.807) is 12.2 Å². The van der Waals surface area contributed by atoms with E-state index in [1.807, 2.05) is 6.92 Å². The Kier molecular flexibility index (Phi) is 6.28. The van der Waals surface area contributed by atoms with Gasteiger partial charge in [0.2, 0.25) is 5.78 Å². The summed E-state index contributed by atoms with van der Waals surface area (Å²) in [5, 5.41) is 0.566. The van der Waals surface area contributed by atoms with Crippen LogP contribution in [0.1, 0.15) is 32.6 Å². The summed E-state index contributed by atoms with van der Waals surface area (Å²) in [6, 6.07) is 0. The van der Waals surface area contributed by atoms with Crippen LogP contribution in [-0.4, -0.2) is 29.8 Å². The van der Waals surface area contributed by atoms with E-state index in [0.29, 0.717) is 17.5 Å². The van der Waals surface area contributed by atoms with Crippen molar-refractivity contribution in [2.75, 3.05) is 12.4 Å². The minimum absolute atomic E-state index is 0.0343. The summed E-state index contributed by atoms with van der Waals surface area (Å²) in [6.45, 7) is 1.83. The predicted molar refractivity (Wildman–Crippen MR) is 76.0 cm³/mol. The number of halogens is 1. The zero-order valence-corrected chi connectivity index (χ0v) is 12.9. The molecule has 106 valence electrons. The molecule has 0 aromatic heterocycles. The van der Waals surface area contributed by atoms with Gasteiger partial charge in [-0.2, -0.15) is 0 Å². The molecule has 0 aliphatic carbocycles. The molecular formula is C14H19BrO4. The predicted octanol–water partition coefficient (Wildman–Crippen LogP) is 2.91. The van der Waals surface area contributed by atoms with Crippen LogP contribution in [-0.2, 0) is 19.1 Å².